The monoisotopic (exact) mass is 465 g/mol. The molecule has 164 valence electrons. The van der Waals surface area contributed by atoms with E-state index < -0.39 is 8.07 Å². The maximum absolute atomic E-state index is 2.99. The average molecular weight is 466 g/mol. The molecule has 0 radical (unpaired) electrons. The van der Waals surface area contributed by atoms with Crippen LogP contribution in [0.25, 0.3) is 0 Å². The Morgan fingerprint density at radius 3 is 1.70 bits per heavy atom. The molecule has 1 fully saturated rings. The average Bonchev–Trinajstić information content (AvgIpc) is 3.34. The van der Waals surface area contributed by atoms with Crippen molar-refractivity contribution in [3.8, 4) is 0 Å². The van der Waals surface area contributed by atoms with Crippen LogP contribution in [0.3, 0.4) is 0 Å². The van der Waals surface area contributed by atoms with Crippen LogP contribution in [0, 0.1) is 0 Å². The van der Waals surface area contributed by atoms with Crippen LogP contribution in [0.2, 0.25) is 0 Å². The maximum Gasteiger partial charge on any atom is 0.0321 e. The van der Waals surface area contributed by atoms with Gasteiger partial charge in [-0.15, -0.1) is 0 Å². The second kappa shape index (κ2) is 9.52. The third kappa shape index (κ3) is 4.08. The molecule has 33 heavy (non-hydrogen) atoms. The van der Waals surface area contributed by atoms with Gasteiger partial charge in [-0.05, 0) is 54.6 Å². The Morgan fingerprint density at radius 2 is 1.09 bits per heavy atom. The summed E-state index contributed by atoms with van der Waals surface area (Å²) in [7, 11) is -0.897. The zero-order valence-corrected chi connectivity index (χ0v) is 20.6. The Balaban J connectivity index is 1.49. The highest BCUT2D eigenvalue weighted by Crippen LogP contribution is 2.76. The lowest BCUT2D eigenvalue weighted by atomic mass is 10.0. The molecule has 1 unspecified atom stereocenters. The first-order valence-electron chi connectivity index (χ1n) is 12.0. The summed E-state index contributed by atoms with van der Waals surface area (Å²) in [4.78, 5) is 0. The van der Waals surface area contributed by atoms with Gasteiger partial charge in [0.05, 0.1) is 0 Å². The fourth-order valence-electron chi connectivity index (χ4n) is 5.54. The molecule has 2 aliphatic rings. The Labute approximate surface area is 200 Å². The molecule has 0 N–H and O–H groups in total. The summed E-state index contributed by atoms with van der Waals surface area (Å²) in [5, 5.41) is 3.06. The number of nitrogens with zero attached hydrogens (tertiary/aromatic N) is 1. The predicted molar refractivity (Wildman–Crippen MR) is 144 cm³/mol. The largest absolute Gasteiger partial charge is 0.251 e. The van der Waals surface area contributed by atoms with Crippen LogP contribution in [-0.2, 0) is 6.42 Å². The van der Waals surface area contributed by atoms with E-state index in [0.29, 0.717) is 11.3 Å². The molecule has 6 rings (SSSR count). The van der Waals surface area contributed by atoms with E-state index in [1.54, 1.807) is 10.9 Å². The van der Waals surface area contributed by atoms with E-state index >= 15 is 0 Å². The molecule has 1 nitrogen and oxygen atoms in total. The first-order valence-corrected chi connectivity index (χ1v) is 14.7. The van der Waals surface area contributed by atoms with Crippen molar-refractivity contribution in [3.05, 3.63) is 132 Å². The van der Waals surface area contributed by atoms with Crippen molar-refractivity contribution in [3.63, 3.8) is 0 Å². The van der Waals surface area contributed by atoms with Crippen molar-refractivity contribution in [1.29, 1.82) is 0 Å². The van der Waals surface area contributed by atoms with Crippen molar-refractivity contribution in [2.24, 2.45) is 0 Å². The molecule has 2 heterocycles. The molecule has 4 aromatic rings. The molecule has 0 bridgehead atoms. The molecule has 2 aliphatic heterocycles. The lowest BCUT2D eigenvalue weighted by molar-refractivity contribution is 0.675. The minimum absolute atomic E-state index is 0.368. The molecule has 3 heteroatoms. The van der Waals surface area contributed by atoms with Crippen molar-refractivity contribution < 1.29 is 0 Å². The molecule has 1 saturated heterocycles. The number of rotatable bonds is 4. The standard InChI is InChI=1S/C30H29NP2/c1-4-12-24(13-5-1)29-20-21-30(25-14-6-2-7-15-25)33(29)31-23-22-26-16-10-11-19-28(26)32(31)27-17-8-3-9-18-27/h1-19,29-30H,20-23H2/t29-,30-,32?/m0/s1. The van der Waals surface area contributed by atoms with E-state index in [-0.39, 0.29) is 8.07 Å². The molecule has 0 saturated carbocycles. The van der Waals surface area contributed by atoms with Crippen molar-refractivity contribution in [1.82, 2.24) is 4.44 Å². The highest BCUT2D eigenvalue weighted by Gasteiger charge is 2.45. The molecule has 0 spiro atoms. The molecule has 0 aliphatic carbocycles. The van der Waals surface area contributed by atoms with Gasteiger partial charge in [0.15, 0.2) is 0 Å². The van der Waals surface area contributed by atoms with Crippen LogP contribution >= 0.6 is 16.1 Å². The van der Waals surface area contributed by atoms with Gasteiger partial charge < -0.3 is 0 Å². The van der Waals surface area contributed by atoms with Gasteiger partial charge in [-0.1, -0.05) is 115 Å². The molecule has 0 amide bonds. The van der Waals surface area contributed by atoms with Crippen LogP contribution in [0.5, 0.6) is 0 Å². The highest BCUT2D eigenvalue weighted by atomic mass is 31.2. The third-order valence-corrected chi connectivity index (χ3v) is 13.6. The summed E-state index contributed by atoms with van der Waals surface area (Å²) >= 11 is 0. The summed E-state index contributed by atoms with van der Waals surface area (Å²) in [5.41, 5.74) is 5.87. The molecule has 3 atom stereocenters. The van der Waals surface area contributed by atoms with Crippen LogP contribution in [0.15, 0.2) is 115 Å². The van der Waals surface area contributed by atoms with Gasteiger partial charge in [0.1, 0.15) is 0 Å². The van der Waals surface area contributed by atoms with Gasteiger partial charge in [-0.3, -0.25) is 4.44 Å². The lowest BCUT2D eigenvalue weighted by Gasteiger charge is -2.45. The summed E-state index contributed by atoms with van der Waals surface area (Å²) in [5.74, 6) is 0. The predicted octanol–water partition coefficient (Wildman–Crippen LogP) is 7.57. The quantitative estimate of drug-likeness (QED) is 0.281. The summed E-state index contributed by atoms with van der Waals surface area (Å²) in [6.07, 6.45) is 3.72. The Bertz CT molecular complexity index is 1150. The number of fused-ring (bicyclic) bond motifs is 1. The Kier molecular flexibility index (Phi) is 6.13. The summed E-state index contributed by atoms with van der Waals surface area (Å²) in [6.45, 7) is 1.16. The minimum Gasteiger partial charge on any atom is -0.251 e. The Hall–Kier alpha value is -2.30. The smallest absolute Gasteiger partial charge is 0.0321 e. The zero-order chi connectivity index (χ0) is 22.0. The fourth-order valence-corrected chi connectivity index (χ4v) is 13.1. The van der Waals surface area contributed by atoms with Gasteiger partial charge in [-0.25, -0.2) is 0 Å². The first kappa shape index (κ1) is 21.2. The minimum atomic E-state index is -0.529. The van der Waals surface area contributed by atoms with E-state index in [2.05, 4.69) is 120 Å². The van der Waals surface area contributed by atoms with Gasteiger partial charge in [0.2, 0.25) is 0 Å². The molecule has 4 aromatic carbocycles. The van der Waals surface area contributed by atoms with Crippen LogP contribution in [0.4, 0.5) is 0 Å². The van der Waals surface area contributed by atoms with E-state index in [1.165, 1.54) is 29.3 Å². The van der Waals surface area contributed by atoms with Gasteiger partial charge >= 0.3 is 0 Å². The van der Waals surface area contributed by atoms with E-state index in [9.17, 15) is 0 Å². The molecular formula is C30H29NP2. The van der Waals surface area contributed by atoms with Crippen LogP contribution < -0.4 is 10.6 Å². The maximum atomic E-state index is 2.99. The zero-order valence-electron chi connectivity index (χ0n) is 18.8. The van der Waals surface area contributed by atoms with Gasteiger partial charge in [0.25, 0.3) is 0 Å². The number of hydrogen-bond acceptors (Lipinski definition) is 1. The highest BCUT2D eigenvalue weighted by molar-refractivity contribution is 7.79. The fraction of sp³-hybridized carbons (Fsp3) is 0.200. The van der Waals surface area contributed by atoms with Crippen LogP contribution in [-0.4, -0.2) is 11.0 Å². The topological polar surface area (TPSA) is 3.24 Å². The van der Waals surface area contributed by atoms with Crippen molar-refractivity contribution >= 4 is 26.8 Å². The van der Waals surface area contributed by atoms with Crippen molar-refractivity contribution in [2.45, 2.75) is 30.6 Å². The third-order valence-electron chi connectivity index (χ3n) is 7.02. The SMILES string of the molecule is c1ccc([C@@H]2CC[C@@H](c3ccccc3)P2N2CCc3ccccc3P2c2ccccc2)cc1. The normalized spacial score (nSPS) is 23.3. The lowest BCUT2D eigenvalue weighted by Crippen LogP contribution is -2.34. The number of benzene rings is 4. The van der Waals surface area contributed by atoms with E-state index in [0.717, 1.165) is 13.0 Å². The second-order valence-corrected chi connectivity index (χ2v) is 13.8. The number of hydrogen-bond donors (Lipinski definition) is 0. The molecule has 0 aromatic heterocycles. The first-order chi connectivity index (χ1) is 16.4. The Morgan fingerprint density at radius 1 is 0.576 bits per heavy atom. The van der Waals surface area contributed by atoms with Crippen LogP contribution in [0.1, 0.15) is 40.8 Å². The van der Waals surface area contributed by atoms with E-state index in [1.807, 2.05) is 0 Å². The summed E-state index contributed by atoms with van der Waals surface area (Å²) in [6, 6.07) is 43.2. The van der Waals surface area contributed by atoms with E-state index in [4.69, 9.17) is 0 Å². The molecular weight excluding hydrogens is 436 g/mol. The van der Waals surface area contributed by atoms with Crippen molar-refractivity contribution in [2.75, 3.05) is 6.54 Å². The second-order valence-electron chi connectivity index (χ2n) is 8.93. The van der Waals surface area contributed by atoms with Gasteiger partial charge in [-0.2, -0.15) is 0 Å². The van der Waals surface area contributed by atoms with Gasteiger partial charge in [0, 0.05) is 25.9 Å². The summed E-state index contributed by atoms with van der Waals surface area (Å²) < 4.78 is 2.99.